The minimum absolute atomic E-state index is 0.210. The Hall–Kier alpha value is -1.95. The second-order valence-electron chi connectivity index (χ2n) is 3.46. The Morgan fingerprint density at radius 1 is 1.47 bits per heavy atom. The quantitative estimate of drug-likeness (QED) is 0.839. The van der Waals surface area contributed by atoms with Gasteiger partial charge in [0.1, 0.15) is 12.2 Å². The summed E-state index contributed by atoms with van der Waals surface area (Å²) in [6.45, 7) is 0. The van der Waals surface area contributed by atoms with E-state index in [0.717, 1.165) is 0 Å². The zero-order chi connectivity index (χ0) is 12.3. The summed E-state index contributed by atoms with van der Waals surface area (Å²) < 4.78 is 19.0. The summed E-state index contributed by atoms with van der Waals surface area (Å²) in [4.78, 5) is 4.02. The average molecular weight is 236 g/mol. The van der Waals surface area contributed by atoms with E-state index in [2.05, 4.69) is 20.5 Å². The SMILES string of the molecule is CNC(c1ncn[nH]1)c1cccc(OC)c1F. The Bertz CT molecular complexity index is 486. The number of aromatic nitrogens is 3. The molecule has 1 unspecified atom stereocenters. The molecular weight excluding hydrogens is 223 g/mol. The lowest BCUT2D eigenvalue weighted by atomic mass is 10.1. The van der Waals surface area contributed by atoms with Gasteiger partial charge in [0, 0.05) is 5.56 Å². The summed E-state index contributed by atoms with van der Waals surface area (Å²) >= 11 is 0. The van der Waals surface area contributed by atoms with Crippen LogP contribution in [0.15, 0.2) is 24.5 Å². The summed E-state index contributed by atoms with van der Waals surface area (Å²) in [7, 11) is 3.16. The predicted octanol–water partition coefficient (Wildman–Crippen LogP) is 1.26. The van der Waals surface area contributed by atoms with E-state index in [1.165, 1.54) is 13.4 Å². The molecule has 0 aliphatic rings. The van der Waals surface area contributed by atoms with Crippen molar-refractivity contribution in [2.45, 2.75) is 6.04 Å². The van der Waals surface area contributed by atoms with Crippen LogP contribution in [-0.4, -0.2) is 29.3 Å². The highest BCUT2D eigenvalue weighted by Crippen LogP contribution is 2.27. The Kier molecular flexibility index (Phi) is 3.34. The zero-order valence-electron chi connectivity index (χ0n) is 9.57. The third-order valence-electron chi connectivity index (χ3n) is 2.52. The number of hydrogen-bond donors (Lipinski definition) is 2. The van der Waals surface area contributed by atoms with Crippen molar-refractivity contribution in [3.8, 4) is 5.75 Å². The molecule has 1 heterocycles. The number of rotatable bonds is 4. The van der Waals surface area contributed by atoms with Gasteiger partial charge in [-0.15, -0.1) is 0 Å². The summed E-state index contributed by atoms with van der Waals surface area (Å²) in [5.41, 5.74) is 0.462. The van der Waals surface area contributed by atoms with Gasteiger partial charge < -0.3 is 10.1 Å². The van der Waals surface area contributed by atoms with Gasteiger partial charge in [-0.3, -0.25) is 5.10 Å². The van der Waals surface area contributed by atoms with Gasteiger partial charge in [0.05, 0.1) is 13.2 Å². The number of halogens is 1. The van der Waals surface area contributed by atoms with Crippen molar-refractivity contribution in [1.82, 2.24) is 20.5 Å². The maximum absolute atomic E-state index is 14.1. The molecule has 6 heteroatoms. The van der Waals surface area contributed by atoms with Gasteiger partial charge in [-0.2, -0.15) is 5.10 Å². The summed E-state index contributed by atoms with van der Waals surface area (Å²) in [5, 5.41) is 9.46. The molecule has 1 aromatic carbocycles. The van der Waals surface area contributed by atoms with Crippen molar-refractivity contribution in [3.05, 3.63) is 41.7 Å². The third-order valence-corrected chi connectivity index (χ3v) is 2.52. The molecule has 1 atom stereocenters. The van der Waals surface area contributed by atoms with E-state index in [4.69, 9.17) is 4.74 Å². The number of nitrogens with zero attached hydrogens (tertiary/aromatic N) is 2. The second-order valence-corrected chi connectivity index (χ2v) is 3.46. The average Bonchev–Trinajstić information content (AvgIpc) is 2.86. The van der Waals surface area contributed by atoms with Crippen LogP contribution in [-0.2, 0) is 0 Å². The molecule has 1 aromatic heterocycles. The molecule has 5 nitrogen and oxygen atoms in total. The molecular formula is C11H13FN4O. The molecule has 0 aliphatic heterocycles. The number of hydrogen-bond acceptors (Lipinski definition) is 4. The lowest BCUT2D eigenvalue weighted by Gasteiger charge is -2.15. The molecule has 0 amide bonds. The van der Waals surface area contributed by atoms with E-state index in [0.29, 0.717) is 11.4 Å². The van der Waals surface area contributed by atoms with Crippen molar-refractivity contribution in [2.24, 2.45) is 0 Å². The first kappa shape index (κ1) is 11.5. The molecule has 90 valence electrons. The largest absolute Gasteiger partial charge is 0.494 e. The standard InChI is InChI=1S/C11H13FN4O/c1-13-10(11-14-6-15-16-11)7-4-3-5-8(17-2)9(7)12/h3-6,10,13H,1-2H3,(H,14,15,16). The Morgan fingerprint density at radius 2 is 2.29 bits per heavy atom. The summed E-state index contributed by atoms with van der Waals surface area (Å²) in [6.07, 6.45) is 1.39. The smallest absolute Gasteiger partial charge is 0.170 e. The van der Waals surface area contributed by atoms with E-state index < -0.39 is 5.82 Å². The van der Waals surface area contributed by atoms with Crippen molar-refractivity contribution >= 4 is 0 Å². The first-order valence-corrected chi connectivity index (χ1v) is 5.13. The van der Waals surface area contributed by atoms with Crippen molar-refractivity contribution < 1.29 is 9.13 Å². The van der Waals surface area contributed by atoms with Crippen LogP contribution in [0.1, 0.15) is 17.4 Å². The number of H-pyrrole nitrogens is 1. The highest BCUT2D eigenvalue weighted by molar-refractivity contribution is 5.35. The molecule has 0 radical (unpaired) electrons. The zero-order valence-corrected chi connectivity index (χ0v) is 9.57. The minimum atomic E-state index is -0.397. The van der Waals surface area contributed by atoms with Gasteiger partial charge in [0.2, 0.25) is 0 Å². The molecule has 2 N–H and O–H groups in total. The first-order valence-electron chi connectivity index (χ1n) is 5.13. The monoisotopic (exact) mass is 236 g/mol. The van der Waals surface area contributed by atoms with E-state index in [1.807, 2.05) is 0 Å². The molecule has 0 bridgehead atoms. The number of methoxy groups -OCH3 is 1. The van der Waals surface area contributed by atoms with E-state index in [-0.39, 0.29) is 11.8 Å². The van der Waals surface area contributed by atoms with E-state index in [1.54, 1.807) is 25.2 Å². The Labute approximate surface area is 98.0 Å². The summed E-state index contributed by atoms with van der Waals surface area (Å²) in [5.74, 6) is 0.368. The van der Waals surface area contributed by atoms with Gasteiger partial charge >= 0.3 is 0 Å². The van der Waals surface area contributed by atoms with Crippen LogP contribution in [0.4, 0.5) is 4.39 Å². The molecule has 2 rings (SSSR count). The Morgan fingerprint density at radius 3 is 2.88 bits per heavy atom. The molecule has 0 spiro atoms. The molecule has 0 aliphatic carbocycles. The highest BCUT2D eigenvalue weighted by atomic mass is 19.1. The van der Waals surface area contributed by atoms with Crippen LogP contribution in [0.25, 0.3) is 0 Å². The topological polar surface area (TPSA) is 62.8 Å². The maximum atomic E-state index is 14.1. The van der Waals surface area contributed by atoms with Crippen LogP contribution in [0.2, 0.25) is 0 Å². The summed E-state index contributed by atoms with van der Waals surface area (Å²) in [6, 6.07) is 4.61. The minimum Gasteiger partial charge on any atom is -0.494 e. The second kappa shape index (κ2) is 4.92. The maximum Gasteiger partial charge on any atom is 0.170 e. The fourth-order valence-corrected chi connectivity index (χ4v) is 1.70. The fraction of sp³-hybridized carbons (Fsp3) is 0.273. The van der Waals surface area contributed by atoms with E-state index in [9.17, 15) is 4.39 Å². The van der Waals surface area contributed by atoms with Crippen LogP contribution in [0, 0.1) is 5.82 Å². The van der Waals surface area contributed by atoms with Gasteiger partial charge in [-0.1, -0.05) is 12.1 Å². The number of aromatic amines is 1. The van der Waals surface area contributed by atoms with Gasteiger partial charge in [0.25, 0.3) is 0 Å². The number of benzene rings is 1. The normalized spacial score (nSPS) is 12.4. The van der Waals surface area contributed by atoms with Crippen LogP contribution in [0.5, 0.6) is 5.75 Å². The molecule has 17 heavy (non-hydrogen) atoms. The molecule has 0 saturated carbocycles. The van der Waals surface area contributed by atoms with Crippen molar-refractivity contribution in [2.75, 3.05) is 14.2 Å². The van der Waals surface area contributed by atoms with E-state index >= 15 is 0 Å². The third kappa shape index (κ3) is 2.12. The van der Waals surface area contributed by atoms with Gasteiger partial charge in [-0.05, 0) is 13.1 Å². The first-order chi connectivity index (χ1) is 8.27. The van der Waals surface area contributed by atoms with Crippen LogP contribution in [0.3, 0.4) is 0 Å². The Balaban J connectivity index is 2.44. The lowest BCUT2D eigenvalue weighted by Crippen LogP contribution is -2.20. The predicted molar refractivity (Wildman–Crippen MR) is 60.2 cm³/mol. The fourth-order valence-electron chi connectivity index (χ4n) is 1.70. The van der Waals surface area contributed by atoms with Crippen molar-refractivity contribution in [1.29, 1.82) is 0 Å². The van der Waals surface area contributed by atoms with Crippen LogP contribution >= 0.6 is 0 Å². The molecule has 0 saturated heterocycles. The lowest BCUT2D eigenvalue weighted by molar-refractivity contribution is 0.382. The highest BCUT2D eigenvalue weighted by Gasteiger charge is 2.20. The van der Waals surface area contributed by atoms with Gasteiger partial charge in [-0.25, -0.2) is 9.37 Å². The number of nitrogens with one attached hydrogen (secondary N) is 2. The number of ether oxygens (including phenoxy) is 1. The van der Waals surface area contributed by atoms with Gasteiger partial charge in [0.15, 0.2) is 11.6 Å². The van der Waals surface area contributed by atoms with Crippen molar-refractivity contribution in [3.63, 3.8) is 0 Å². The molecule has 2 aromatic rings. The van der Waals surface area contributed by atoms with Crippen LogP contribution < -0.4 is 10.1 Å². The molecule has 0 fully saturated rings.